The summed E-state index contributed by atoms with van der Waals surface area (Å²) in [6.07, 6.45) is 0.993. The van der Waals surface area contributed by atoms with Gasteiger partial charge in [0.2, 0.25) is 5.91 Å². The van der Waals surface area contributed by atoms with E-state index >= 15 is 0 Å². The number of rotatable bonds is 7. The molecule has 1 amide bonds. The number of ketones is 1. The molecule has 7 nitrogen and oxygen atoms in total. The van der Waals surface area contributed by atoms with Crippen molar-refractivity contribution in [2.75, 3.05) is 5.32 Å². The van der Waals surface area contributed by atoms with E-state index in [1.54, 1.807) is 0 Å². The summed E-state index contributed by atoms with van der Waals surface area (Å²) in [4.78, 5) is 53.2. The Morgan fingerprint density at radius 2 is 1.57 bits per heavy atom. The van der Waals surface area contributed by atoms with Crippen molar-refractivity contribution < 1.29 is 42.2 Å². The van der Waals surface area contributed by atoms with E-state index in [0.717, 1.165) is 43.7 Å². The molecule has 5 aliphatic carbocycles. The number of amides is 1. The lowest BCUT2D eigenvalue weighted by Crippen LogP contribution is -2.66. The highest BCUT2D eigenvalue weighted by Gasteiger charge is 2.71. The average Bonchev–Trinajstić information content (AvgIpc) is 3.35. The molecular weight excluding hydrogens is 683 g/mol. The molecule has 0 radical (unpaired) electrons. The fraction of sp³-hybridized carbons (Fsp3) is 0.721. The zero-order valence-corrected chi connectivity index (χ0v) is 32.9. The van der Waals surface area contributed by atoms with Crippen LogP contribution in [0, 0.1) is 56.2 Å². The van der Waals surface area contributed by atoms with Crippen LogP contribution >= 0.6 is 0 Å². The molecule has 4 saturated carbocycles. The van der Waals surface area contributed by atoms with E-state index < -0.39 is 40.4 Å². The predicted molar refractivity (Wildman–Crippen MR) is 195 cm³/mol. The van der Waals surface area contributed by atoms with Crippen LogP contribution in [0.5, 0.6) is 0 Å². The summed E-state index contributed by atoms with van der Waals surface area (Å²) in [6.45, 7) is 18.6. The van der Waals surface area contributed by atoms with Gasteiger partial charge in [0.15, 0.2) is 5.78 Å². The van der Waals surface area contributed by atoms with Crippen molar-refractivity contribution in [1.82, 2.24) is 0 Å². The molecule has 10 heteroatoms. The first-order chi connectivity index (χ1) is 24.4. The molecule has 5 aliphatic rings. The van der Waals surface area contributed by atoms with Crippen LogP contribution in [0.15, 0.2) is 35.4 Å². The van der Waals surface area contributed by atoms with Gasteiger partial charge in [0.05, 0.1) is 28.5 Å². The first kappa shape index (κ1) is 39.5. The monoisotopic (exact) mass is 741 g/mol. The molecule has 4 fully saturated rings. The zero-order chi connectivity index (χ0) is 39.3. The minimum absolute atomic E-state index is 0.0136. The van der Waals surface area contributed by atoms with Crippen LogP contribution in [0.3, 0.4) is 0 Å². The van der Waals surface area contributed by atoms with Gasteiger partial charge < -0.3 is 15.2 Å². The molecule has 1 aromatic rings. The molecule has 2 N–H and O–H groups in total. The van der Waals surface area contributed by atoms with Crippen molar-refractivity contribution in [2.45, 2.75) is 139 Å². The number of hydrogen-bond acceptors (Lipinski definition) is 5. The maximum atomic E-state index is 14.5. The van der Waals surface area contributed by atoms with Crippen LogP contribution in [-0.4, -0.2) is 34.8 Å². The van der Waals surface area contributed by atoms with Crippen molar-refractivity contribution in [1.29, 1.82) is 0 Å². The van der Waals surface area contributed by atoms with E-state index in [9.17, 15) is 37.5 Å². The van der Waals surface area contributed by atoms with Crippen molar-refractivity contribution >= 4 is 29.3 Å². The lowest BCUT2D eigenvalue weighted by Gasteiger charge is -2.72. The van der Waals surface area contributed by atoms with Crippen molar-refractivity contribution in [3.8, 4) is 0 Å². The highest BCUT2D eigenvalue weighted by molar-refractivity contribution is 6.10. The number of anilines is 1. The third kappa shape index (κ3) is 5.89. The number of hydrogen-bond donors (Lipinski definition) is 2. The van der Waals surface area contributed by atoms with E-state index in [0.29, 0.717) is 30.8 Å². The molecule has 6 rings (SSSR count). The number of alkyl halides is 3. The highest BCUT2D eigenvalue weighted by atomic mass is 19.4. The maximum absolute atomic E-state index is 14.5. The number of Topliss-reactive ketones (excluding diaryl/α,β-unsaturated/α-hetero) is 1. The molecule has 0 saturated heterocycles. The van der Waals surface area contributed by atoms with Gasteiger partial charge in [-0.3, -0.25) is 19.2 Å². The summed E-state index contributed by atoms with van der Waals surface area (Å²) in [5, 5.41) is 12.3. The van der Waals surface area contributed by atoms with E-state index in [1.165, 1.54) is 32.0 Å². The summed E-state index contributed by atoms with van der Waals surface area (Å²) >= 11 is 0. The van der Waals surface area contributed by atoms with Crippen LogP contribution in [0.1, 0.15) is 132 Å². The van der Waals surface area contributed by atoms with E-state index in [-0.39, 0.29) is 69.8 Å². The van der Waals surface area contributed by atoms with Gasteiger partial charge >= 0.3 is 18.1 Å². The van der Waals surface area contributed by atoms with Gasteiger partial charge in [-0.2, -0.15) is 13.2 Å². The van der Waals surface area contributed by atoms with Crippen LogP contribution in [-0.2, 0) is 30.1 Å². The van der Waals surface area contributed by atoms with Crippen LogP contribution in [0.25, 0.3) is 0 Å². The quantitative estimate of drug-likeness (QED) is 0.269. The molecule has 53 heavy (non-hydrogen) atoms. The second-order valence-corrected chi connectivity index (χ2v) is 19.5. The summed E-state index contributed by atoms with van der Waals surface area (Å²) in [6, 6.07) is 5.04. The lowest BCUT2D eigenvalue weighted by molar-refractivity contribution is -0.233. The third-order valence-electron chi connectivity index (χ3n) is 15.7. The SMILES string of the molecule is CC(C)C1=C2C3CCC4[C@@]5(C)CC[C@H](OC(=O)CC(C)(C)C(=O)O)C(C)(C)C5CC[C@@]4(C)[C@]3(C)CC[C@@]2(C(=O)Nc2ccccc2C(F)(F)F)CC1=O. The van der Waals surface area contributed by atoms with Gasteiger partial charge in [-0.1, -0.05) is 60.6 Å². The van der Waals surface area contributed by atoms with Gasteiger partial charge in [0.25, 0.3) is 0 Å². The van der Waals surface area contributed by atoms with Crippen LogP contribution < -0.4 is 5.32 Å². The first-order valence-electron chi connectivity index (χ1n) is 19.5. The number of aliphatic carboxylic acids is 1. The van der Waals surface area contributed by atoms with Crippen LogP contribution in [0.4, 0.5) is 18.9 Å². The molecule has 292 valence electrons. The Hall–Kier alpha value is -3.17. The number of carboxylic acids is 1. The molecule has 0 spiro atoms. The lowest BCUT2D eigenvalue weighted by atomic mass is 9.33. The Morgan fingerprint density at radius 1 is 0.906 bits per heavy atom. The molecule has 8 atom stereocenters. The Morgan fingerprint density at radius 3 is 2.19 bits per heavy atom. The number of carboxylic acid groups (broad SMARTS) is 1. The number of benzene rings is 1. The van der Waals surface area contributed by atoms with E-state index in [1.807, 2.05) is 13.8 Å². The second kappa shape index (κ2) is 12.7. The van der Waals surface area contributed by atoms with Gasteiger partial charge in [-0.05, 0) is 128 Å². The zero-order valence-electron chi connectivity index (χ0n) is 32.9. The van der Waals surface area contributed by atoms with Crippen molar-refractivity contribution in [3.63, 3.8) is 0 Å². The predicted octanol–water partition coefficient (Wildman–Crippen LogP) is 10.0. The Bertz CT molecular complexity index is 1740. The highest BCUT2D eigenvalue weighted by Crippen LogP contribution is 2.77. The van der Waals surface area contributed by atoms with Crippen molar-refractivity contribution in [2.24, 2.45) is 56.2 Å². The number of allylic oxidation sites excluding steroid dienone is 1. The first-order valence-corrected chi connectivity index (χ1v) is 19.5. The summed E-state index contributed by atoms with van der Waals surface area (Å²) in [7, 11) is 0. The number of halogens is 3. The number of carbonyl (C=O) groups excluding carboxylic acids is 3. The van der Waals surface area contributed by atoms with E-state index in [4.69, 9.17) is 4.74 Å². The minimum Gasteiger partial charge on any atom is -0.481 e. The van der Waals surface area contributed by atoms with Crippen LogP contribution in [0.2, 0.25) is 0 Å². The summed E-state index contributed by atoms with van der Waals surface area (Å²) in [5.74, 6) is -1.70. The molecule has 0 heterocycles. The minimum atomic E-state index is -4.64. The topological polar surface area (TPSA) is 110 Å². The number of fused-ring (bicyclic) bond motifs is 7. The van der Waals surface area contributed by atoms with E-state index in [2.05, 4.69) is 39.9 Å². The number of esters is 1. The fourth-order valence-corrected chi connectivity index (χ4v) is 12.8. The number of ether oxygens (including phenoxy) is 1. The molecule has 0 bridgehead atoms. The smallest absolute Gasteiger partial charge is 0.418 e. The molecule has 3 unspecified atom stereocenters. The van der Waals surface area contributed by atoms with Gasteiger partial charge in [-0.15, -0.1) is 0 Å². The fourth-order valence-electron chi connectivity index (χ4n) is 12.8. The largest absolute Gasteiger partial charge is 0.481 e. The normalized spacial score (nSPS) is 36.6. The summed E-state index contributed by atoms with van der Waals surface area (Å²) in [5.41, 5.74) is -2.83. The van der Waals surface area contributed by atoms with Gasteiger partial charge in [-0.25, -0.2) is 0 Å². The molecule has 1 aromatic carbocycles. The molecule has 0 aromatic heterocycles. The Balaban J connectivity index is 1.32. The third-order valence-corrected chi connectivity index (χ3v) is 15.7. The molecule has 0 aliphatic heterocycles. The summed E-state index contributed by atoms with van der Waals surface area (Å²) < 4.78 is 48.1. The standard InChI is InChI=1S/C43H58F3NO6/c1-24(2)33-28(48)22-42(35(50)47-27-13-11-10-12-25(27)43(44,45)46)21-20-40(8)26(34(33)42)14-15-30-39(7)18-17-31(53-32(49)23-37(3,4)36(51)52)38(5,6)29(39)16-19-41(30,40)9/h10-13,24,26,29-31H,14-23H2,1-9H3,(H,47,50)(H,51,52)/t26?,29?,30?,31-,39-,40+,41+,42+/m0/s1. The van der Waals surface area contributed by atoms with Crippen molar-refractivity contribution in [3.05, 3.63) is 41.0 Å². The maximum Gasteiger partial charge on any atom is 0.418 e. The van der Waals surface area contributed by atoms with Gasteiger partial charge in [0, 0.05) is 11.8 Å². The number of carbonyl (C=O) groups is 4. The Kier molecular flexibility index (Phi) is 9.46. The second-order valence-electron chi connectivity index (χ2n) is 19.5. The number of para-hydroxylation sites is 1. The molecular formula is C43H58F3NO6. The average molecular weight is 742 g/mol. The Labute approximate surface area is 312 Å². The number of nitrogens with one attached hydrogen (secondary N) is 1. The van der Waals surface area contributed by atoms with Gasteiger partial charge in [0.1, 0.15) is 6.10 Å².